The molecule has 0 N–H and O–H groups in total. The number of halogens is 3. The van der Waals surface area contributed by atoms with Gasteiger partial charge in [0.15, 0.2) is 0 Å². The molecule has 0 amide bonds. The minimum Gasteiger partial charge on any atom is -1.00 e. The van der Waals surface area contributed by atoms with Crippen LogP contribution in [0.3, 0.4) is 0 Å². The Morgan fingerprint density at radius 3 is 0.778 bits per heavy atom. The molecule has 3 nitrogen and oxygen atoms in total. The van der Waals surface area contributed by atoms with Crippen molar-refractivity contribution in [2.24, 2.45) is 17.8 Å². The zero-order valence-electron chi connectivity index (χ0n) is 24.4. The average Bonchev–Trinajstić information content (AvgIpc) is 2.67. The van der Waals surface area contributed by atoms with Crippen molar-refractivity contribution in [2.45, 2.75) is 19.3 Å². The van der Waals surface area contributed by atoms with Gasteiger partial charge in [0.1, 0.15) is 0 Å². The molecule has 0 aromatic heterocycles. The van der Waals surface area contributed by atoms with Crippen molar-refractivity contribution in [1.29, 1.82) is 0 Å². The fourth-order valence-corrected chi connectivity index (χ4v) is 4.41. The molecular weight excluding hydrogens is 459 g/mol. The second kappa shape index (κ2) is 18.4. The largest absolute Gasteiger partial charge is 1.00 e. The number of nitrogens with zero attached hydrogens (tertiary/aromatic N) is 3. The number of allylic oxidation sites excluding steroid dienone is 9. The highest BCUT2D eigenvalue weighted by Crippen LogP contribution is 2.15. The molecule has 0 aromatic carbocycles. The predicted molar refractivity (Wildman–Crippen MR) is 148 cm³/mol. The van der Waals surface area contributed by atoms with Gasteiger partial charge in [0.2, 0.25) is 0 Å². The minimum atomic E-state index is 0. The molecule has 0 saturated heterocycles. The zero-order chi connectivity index (χ0) is 25.0. The van der Waals surface area contributed by atoms with Crippen molar-refractivity contribution in [1.82, 2.24) is 0 Å². The Bertz CT molecular complexity index is 630. The van der Waals surface area contributed by atoms with E-state index in [0.29, 0.717) is 0 Å². The van der Waals surface area contributed by atoms with Crippen molar-refractivity contribution in [3.63, 3.8) is 0 Å². The third kappa shape index (κ3) is 22.6. The SMILES string of the molecule is C[N+](C)(C)CC1C=CC=CC1.C[N+](C)(C)CC1C=CC=CC1.C[N+](C)(C)CC1C=CC=CC1.[F-].[F-].[F-]. The molecule has 0 radical (unpaired) electrons. The Kier molecular flexibility index (Phi) is 19.7. The smallest absolute Gasteiger partial charge is 0.0847 e. The van der Waals surface area contributed by atoms with Gasteiger partial charge in [0, 0.05) is 17.8 Å². The summed E-state index contributed by atoms with van der Waals surface area (Å²) in [7, 11) is 20.2. The van der Waals surface area contributed by atoms with Gasteiger partial charge in [-0.1, -0.05) is 72.9 Å². The first-order valence-electron chi connectivity index (χ1n) is 12.6. The van der Waals surface area contributed by atoms with Crippen molar-refractivity contribution in [2.75, 3.05) is 83.1 Å². The molecule has 6 heteroatoms. The van der Waals surface area contributed by atoms with Gasteiger partial charge in [-0.2, -0.15) is 0 Å². The number of quaternary nitrogens is 3. The fraction of sp³-hybridized carbons (Fsp3) is 0.600. The van der Waals surface area contributed by atoms with E-state index in [4.69, 9.17) is 0 Å². The van der Waals surface area contributed by atoms with E-state index >= 15 is 0 Å². The first-order valence-corrected chi connectivity index (χ1v) is 12.6. The monoisotopic (exact) mass is 513 g/mol. The highest BCUT2D eigenvalue weighted by molar-refractivity contribution is 5.12. The highest BCUT2D eigenvalue weighted by Gasteiger charge is 2.16. The molecule has 0 spiro atoms. The number of hydrogen-bond acceptors (Lipinski definition) is 0. The molecule has 210 valence electrons. The van der Waals surface area contributed by atoms with Crippen LogP contribution in [-0.4, -0.2) is 96.5 Å². The van der Waals surface area contributed by atoms with Crippen LogP contribution in [-0.2, 0) is 0 Å². The van der Waals surface area contributed by atoms with Gasteiger partial charge in [-0.3, -0.25) is 0 Å². The summed E-state index contributed by atoms with van der Waals surface area (Å²) >= 11 is 0. The van der Waals surface area contributed by atoms with Crippen molar-refractivity contribution in [3.05, 3.63) is 72.9 Å². The van der Waals surface area contributed by atoms with E-state index in [1.807, 2.05) is 0 Å². The molecule has 0 fully saturated rings. The summed E-state index contributed by atoms with van der Waals surface area (Å²) in [6, 6.07) is 0. The van der Waals surface area contributed by atoms with Gasteiger partial charge in [0.25, 0.3) is 0 Å². The standard InChI is InChI=1S/3C10H18N.3FH/c3*1-11(2,3)9-10-7-5-4-6-8-10;;;/h3*4-7,10H,8-9H2,1-3H3;3*1H/q3*+1;;;/p-3. The van der Waals surface area contributed by atoms with Gasteiger partial charge in [-0.15, -0.1) is 0 Å². The maximum absolute atomic E-state index is 2.31. The molecule has 3 atom stereocenters. The van der Waals surface area contributed by atoms with Gasteiger partial charge in [-0.25, -0.2) is 0 Å². The Balaban J connectivity index is -0.000000436. The van der Waals surface area contributed by atoms with Crippen LogP contribution in [0.2, 0.25) is 0 Å². The van der Waals surface area contributed by atoms with Crippen molar-refractivity contribution in [3.8, 4) is 0 Å². The zero-order valence-corrected chi connectivity index (χ0v) is 24.4. The maximum atomic E-state index is 2.31. The molecule has 0 aliphatic heterocycles. The minimum absolute atomic E-state index is 0. The molecule has 3 unspecified atom stereocenters. The molecule has 0 aromatic rings. The van der Waals surface area contributed by atoms with Crippen LogP contribution in [0.1, 0.15) is 19.3 Å². The summed E-state index contributed by atoms with van der Waals surface area (Å²) in [4.78, 5) is 0. The first kappa shape index (κ1) is 38.6. The molecule has 0 heterocycles. The summed E-state index contributed by atoms with van der Waals surface area (Å²) in [5.74, 6) is 2.25. The third-order valence-corrected chi connectivity index (χ3v) is 5.55. The summed E-state index contributed by atoms with van der Waals surface area (Å²) in [5.41, 5.74) is 0. The fourth-order valence-electron chi connectivity index (χ4n) is 4.41. The maximum Gasteiger partial charge on any atom is 0.0847 e. The third-order valence-electron chi connectivity index (χ3n) is 5.55. The molecule has 0 bridgehead atoms. The van der Waals surface area contributed by atoms with Gasteiger partial charge in [-0.05, 0) is 19.3 Å². The lowest BCUT2D eigenvalue weighted by molar-refractivity contribution is -0.873. The number of rotatable bonds is 6. The Morgan fingerprint density at radius 2 is 0.639 bits per heavy atom. The summed E-state index contributed by atoms with van der Waals surface area (Å²) in [6.07, 6.45) is 30.2. The lowest BCUT2D eigenvalue weighted by atomic mass is 10.00. The van der Waals surface area contributed by atoms with E-state index in [9.17, 15) is 0 Å². The Hall–Kier alpha value is -1.89. The number of hydrogen-bond donors (Lipinski definition) is 0. The van der Waals surface area contributed by atoms with E-state index in [1.165, 1.54) is 38.9 Å². The van der Waals surface area contributed by atoms with Crippen LogP contribution in [0.15, 0.2) is 72.9 Å². The normalized spacial score (nSPS) is 22.1. The molecule has 3 aliphatic carbocycles. The van der Waals surface area contributed by atoms with Crippen molar-refractivity contribution >= 4 is 0 Å². The van der Waals surface area contributed by atoms with Crippen molar-refractivity contribution < 1.29 is 27.6 Å². The molecular formula is C30H54F3N3. The van der Waals surface area contributed by atoms with Crippen LogP contribution in [0.5, 0.6) is 0 Å². The molecule has 3 rings (SSSR count). The Morgan fingerprint density at radius 1 is 0.417 bits per heavy atom. The highest BCUT2D eigenvalue weighted by atomic mass is 19.0. The van der Waals surface area contributed by atoms with Crippen LogP contribution in [0.4, 0.5) is 0 Å². The van der Waals surface area contributed by atoms with E-state index in [-0.39, 0.29) is 14.1 Å². The van der Waals surface area contributed by atoms with Crippen LogP contribution >= 0.6 is 0 Å². The molecule has 0 saturated carbocycles. The lowest BCUT2D eigenvalue weighted by Gasteiger charge is -2.28. The van der Waals surface area contributed by atoms with Crippen LogP contribution in [0, 0.1) is 17.8 Å². The summed E-state index contributed by atoms with van der Waals surface area (Å²) in [6.45, 7) is 3.71. The lowest BCUT2D eigenvalue weighted by Crippen LogP contribution is -3.00. The van der Waals surface area contributed by atoms with E-state index in [2.05, 4.69) is 136 Å². The summed E-state index contributed by atoms with van der Waals surface area (Å²) < 4.78 is 3.18. The van der Waals surface area contributed by atoms with Crippen LogP contribution in [0.25, 0.3) is 0 Å². The quantitative estimate of drug-likeness (QED) is 0.323. The van der Waals surface area contributed by atoms with Gasteiger partial charge < -0.3 is 27.6 Å². The van der Waals surface area contributed by atoms with E-state index in [0.717, 1.165) is 31.2 Å². The predicted octanol–water partition coefficient (Wildman–Crippen LogP) is -3.51. The molecule has 3 aliphatic rings. The van der Waals surface area contributed by atoms with Crippen LogP contribution < -0.4 is 14.1 Å². The average molecular weight is 514 g/mol. The second-order valence-corrected chi connectivity index (χ2v) is 12.8. The summed E-state index contributed by atoms with van der Waals surface area (Å²) in [5, 5.41) is 0. The first-order chi connectivity index (χ1) is 15.2. The van der Waals surface area contributed by atoms with E-state index in [1.54, 1.807) is 0 Å². The Labute approximate surface area is 220 Å². The second-order valence-electron chi connectivity index (χ2n) is 12.8. The molecule has 36 heavy (non-hydrogen) atoms. The topological polar surface area (TPSA) is 0 Å². The van der Waals surface area contributed by atoms with Gasteiger partial charge in [0.05, 0.1) is 83.1 Å². The van der Waals surface area contributed by atoms with E-state index < -0.39 is 0 Å². The van der Waals surface area contributed by atoms with Gasteiger partial charge >= 0.3 is 0 Å².